The van der Waals surface area contributed by atoms with Gasteiger partial charge in [0.25, 0.3) is 0 Å². The van der Waals surface area contributed by atoms with Crippen LogP contribution in [0.3, 0.4) is 0 Å². The fourth-order valence-electron chi connectivity index (χ4n) is 2.70. The predicted octanol–water partition coefficient (Wildman–Crippen LogP) is 2.73. The van der Waals surface area contributed by atoms with Gasteiger partial charge in [-0.05, 0) is 43.2 Å². The summed E-state index contributed by atoms with van der Waals surface area (Å²) in [4.78, 5) is 0. The van der Waals surface area contributed by atoms with Crippen LogP contribution in [-0.4, -0.2) is 17.8 Å². The van der Waals surface area contributed by atoms with E-state index in [9.17, 15) is 5.11 Å². The Hall–Kier alpha value is -0.800. The third kappa shape index (κ3) is 3.11. The van der Waals surface area contributed by atoms with Crippen molar-refractivity contribution in [3.63, 3.8) is 0 Å². The number of aliphatic hydroxyl groups is 1. The molecule has 17 heavy (non-hydrogen) atoms. The van der Waals surface area contributed by atoms with Gasteiger partial charge < -0.3 is 14.8 Å². The molecule has 1 fully saturated rings. The highest BCUT2D eigenvalue weighted by Gasteiger charge is 2.26. The van der Waals surface area contributed by atoms with Gasteiger partial charge in [-0.15, -0.1) is 0 Å². The molecule has 3 nitrogen and oxygen atoms in total. The molecule has 4 atom stereocenters. The van der Waals surface area contributed by atoms with E-state index in [1.807, 2.05) is 12.1 Å². The quantitative estimate of drug-likeness (QED) is 0.846. The van der Waals surface area contributed by atoms with Crippen LogP contribution in [0.1, 0.15) is 44.9 Å². The van der Waals surface area contributed by atoms with Gasteiger partial charge in [-0.2, -0.15) is 0 Å². The van der Waals surface area contributed by atoms with E-state index in [1.165, 1.54) is 19.3 Å². The fourth-order valence-corrected chi connectivity index (χ4v) is 2.70. The molecule has 0 spiro atoms. The predicted molar refractivity (Wildman–Crippen MR) is 67.6 cm³/mol. The van der Waals surface area contributed by atoms with Crippen molar-refractivity contribution in [3.8, 4) is 0 Å². The summed E-state index contributed by atoms with van der Waals surface area (Å²) in [6.07, 6.45) is 5.32. The number of hydrogen-bond donors (Lipinski definition) is 2. The highest BCUT2D eigenvalue weighted by atomic mass is 16.3. The number of rotatable bonds is 4. The number of nitrogens with one attached hydrogen (secondary N) is 1. The van der Waals surface area contributed by atoms with E-state index in [0.717, 1.165) is 17.6 Å². The van der Waals surface area contributed by atoms with Crippen LogP contribution in [-0.2, 0) is 0 Å². The second-order valence-corrected chi connectivity index (χ2v) is 5.38. The van der Waals surface area contributed by atoms with E-state index < -0.39 is 0 Å². The van der Waals surface area contributed by atoms with Crippen molar-refractivity contribution >= 4 is 0 Å². The Balaban J connectivity index is 1.91. The summed E-state index contributed by atoms with van der Waals surface area (Å²) in [5.41, 5.74) is 0. The lowest BCUT2D eigenvalue weighted by Crippen LogP contribution is -2.39. The third-order valence-electron chi connectivity index (χ3n) is 4.10. The molecule has 1 aromatic rings. The van der Waals surface area contributed by atoms with Crippen LogP contribution in [0.15, 0.2) is 22.8 Å². The molecule has 96 valence electrons. The monoisotopic (exact) mass is 237 g/mol. The van der Waals surface area contributed by atoms with Gasteiger partial charge >= 0.3 is 0 Å². The molecule has 0 aliphatic heterocycles. The zero-order chi connectivity index (χ0) is 12.3. The zero-order valence-corrected chi connectivity index (χ0v) is 10.7. The first kappa shape index (κ1) is 12.7. The third-order valence-corrected chi connectivity index (χ3v) is 4.10. The van der Waals surface area contributed by atoms with Crippen LogP contribution in [0, 0.1) is 11.8 Å². The summed E-state index contributed by atoms with van der Waals surface area (Å²) in [5, 5.41) is 12.9. The molecule has 0 aromatic carbocycles. The number of furan rings is 1. The molecular weight excluding hydrogens is 214 g/mol. The van der Waals surface area contributed by atoms with Gasteiger partial charge in [0.2, 0.25) is 0 Å². The average Bonchev–Trinajstić information content (AvgIpc) is 2.84. The lowest BCUT2D eigenvalue weighted by atomic mass is 9.79. The van der Waals surface area contributed by atoms with Crippen molar-refractivity contribution in [1.29, 1.82) is 0 Å². The minimum absolute atomic E-state index is 0.0596. The van der Waals surface area contributed by atoms with E-state index in [-0.39, 0.29) is 12.6 Å². The minimum Gasteiger partial charge on any atom is -0.468 e. The van der Waals surface area contributed by atoms with E-state index in [2.05, 4.69) is 19.2 Å². The van der Waals surface area contributed by atoms with Gasteiger partial charge in [-0.3, -0.25) is 0 Å². The Morgan fingerprint density at radius 2 is 2.24 bits per heavy atom. The molecule has 2 N–H and O–H groups in total. The molecule has 0 amide bonds. The fraction of sp³-hybridized carbons (Fsp3) is 0.714. The van der Waals surface area contributed by atoms with Crippen molar-refractivity contribution in [2.45, 2.75) is 45.2 Å². The van der Waals surface area contributed by atoms with Crippen LogP contribution in [0.2, 0.25) is 0 Å². The largest absolute Gasteiger partial charge is 0.468 e. The summed E-state index contributed by atoms with van der Waals surface area (Å²) in [6, 6.07) is 4.23. The van der Waals surface area contributed by atoms with Crippen molar-refractivity contribution in [1.82, 2.24) is 5.32 Å². The maximum atomic E-state index is 9.42. The summed E-state index contributed by atoms with van der Waals surface area (Å²) >= 11 is 0. The maximum absolute atomic E-state index is 9.42. The van der Waals surface area contributed by atoms with Gasteiger partial charge in [-0.1, -0.05) is 13.8 Å². The molecule has 1 heterocycles. The summed E-state index contributed by atoms with van der Waals surface area (Å²) < 4.78 is 5.35. The minimum atomic E-state index is -0.0596. The molecule has 0 bridgehead atoms. The van der Waals surface area contributed by atoms with E-state index in [0.29, 0.717) is 6.04 Å². The lowest BCUT2D eigenvalue weighted by molar-refractivity contribution is 0.172. The van der Waals surface area contributed by atoms with Gasteiger partial charge in [0.1, 0.15) is 5.76 Å². The van der Waals surface area contributed by atoms with Crippen molar-refractivity contribution in [3.05, 3.63) is 24.2 Å². The van der Waals surface area contributed by atoms with Crippen LogP contribution >= 0.6 is 0 Å². The Kier molecular flexibility index (Phi) is 4.24. The molecule has 1 aliphatic rings. The summed E-state index contributed by atoms with van der Waals surface area (Å²) in [6.45, 7) is 4.74. The molecule has 3 heteroatoms. The normalized spacial score (nSPS) is 31.4. The van der Waals surface area contributed by atoms with Gasteiger partial charge in [0.15, 0.2) is 0 Å². The number of hydrogen-bond acceptors (Lipinski definition) is 3. The standard InChI is InChI=1S/C14H23NO2/c1-10-5-6-12(8-11(10)2)15-13(9-16)14-4-3-7-17-14/h3-4,7,10-13,15-16H,5-6,8-9H2,1-2H3/t10-,11+,12+,13+/m1/s1. The molecule has 1 aliphatic carbocycles. The first-order valence-corrected chi connectivity index (χ1v) is 6.61. The van der Waals surface area contributed by atoms with Crippen molar-refractivity contribution in [2.75, 3.05) is 6.61 Å². The Morgan fingerprint density at radius 3 is 2.82 bits per heavy atom. The van der Waals surface area contributed by atoms with E-state index in [1.54, 1.807) is 6.26 Å². The molecule has 0 saturated heterocycles. The maximum Gasteiger partial charge on any atom is 0.123 e. The Bertz CT molecular complexity index is 323. The molecule has 2 rings (SSSR count). The lowest BCUT2D eigenvalue weighted by Gasteiger charge is -2.34. The smallest absolute Gasteiger partial charge is 0.123 e. The highest BCUT2D eigenvalue weighted by Crippen LogP contribution is 2.30. The highest BCUT2D eigenvalue weighted by molar-refractivity contribution is 5.05. The Labute approximate surface area is 103 Å². The molecule has 0 unspecified atom stereocenters. The van der Waals surface area contributed by atoms with E-state index >= 15 is 0 Å². The van der Waals surface area contributed by atoms with Gasteiger partial charge in [-0.25, -0.2) is 0 Å². The van der Waals surface area contributed by atoms with Gasteiger partial charge in [0, 0.05) is 6.04 Å². The summed E-state index contributed by atoms with van der Waals surface area (Å²) in [7, 11) is 0. The molecule has 1 aromatic heterocycles. The second kappa shape index (κ2) is 5.69. The van der Waals surface area contributed by atoms with Crippen LogP contribution in [0.5, 0.6) is 0 Å². The Morgan fingerprint density at radius 1 is 1.41 bits per heavy atom. The van der Waals surface area contributed by atoms with Crippen molar-refractivity contribution < 1.29 is 9.52 Å². The van der Waals surface area contributed by atoms with E-state index in [4.69, 9.17) is 4.42 Å². The number of aliphatic hydroxyl groups excluding tert-OH is 1. The molecule has 1 saturated carbocycles. The zero-order valence-electron chi connectivity index (χ0n) is 10.7. The first-order valence-electron chi connectivity index (χ1n) is 6.61. The van der Waals surface area contributed by atoms with Crippen LogP contribution < -0.4 is 5.32 Å². The van der Waals surface area contributed by atoms with Crippen LogP contribution in [0.25, 0.3) is 0 Å². The molecule has 0 radical (unpaired) electrons. The topological polar surface area (TPSA) is 45.4 Å². The SMILES string of the molecule is C[C@@H]1CC[C@H](N[C@@H](CO)c2ccco2)C[C@@H]1C. The summed E-state index contributed by atoms with van der Waals surface area (Å²) in [5.74, 6) is 2.42. The molecular formula is C14H23NO2. The van der Waals surface area contributed by atoms with Crippen molar-refractivity contribution in [2.24, 2.45) is 11.8 Å². The van der Waals surface area contributed by atoms with Gasteiger partial charge in [0.05, 0.1) is 18.9 Å². The second-order valence-electron chi connectivity index (χ2n) is 5.38. The van der Waals surface area contributed by atoms with Crippen LogP contribution in [0.4, 0.5) is 0 Å². The first-order chi connectivity index (χ1) is 8.20. The average molecular weight is 237 g/mol.